The molecule has 2 aromatic carbocycles. The van der Waals surface area contributed by atoms with Crippen LogP contribution in [0.25, 0.3) is 16.9 Å². The van der Waals surface area contributed by atoms with Gasteiger partial charge in [-0.15, -0.1) is 0 Å². The van der Waals surface area contributed by atoms with Gasteiger partial charge in [-0.05, 0) is 42.0 Å². The quantitative estimate of drug-likeness (QED) is 0.633. The van der Waals surface area contributed by atoms with E-state index >= 15 is 0 Å². The van der Waals surface area contributed by atoms with Gasteiger partial charge in [0.25, 0.3) is 0 Å². The van der Waals surface area contributed by atoms with Gasteiger partial charge in [0.1, 0.15) is 0 Å². The molecule has 4 nitrogen and oxygen atoms in total. The maximum absolute atomic E-state index is 11.6. The van der Waals surface area contributed by atoms with Crippen LogP contribution in [0.2, 0.25) is 10.0 Å². The van der Waals surface area contributed by atoms with Crippen molar-refractivity contribution in [1.29, 1.82) is 0 Å². The second kappa shape index (κ2) is 6.75. The predicted molar refractivity (Wildman–Crippen MR) is 101 cm³/mol. The van der Waals surface area contributed by atoms with Crippen molar-refractivity contribution < 1.29 is 13.2 Å². The van der Waals surface area contributed by atoms with Gasteiger partial charge in [0.15, 0.2) is 15.6 Å². The third-order valence-corrected chi connectivity index (χ3v) is 5.48. The van der Waals surface area contributed by atoms with Crippen LogP contribution < -0.4 is 4.74 Å². The summed E-state index contributed by atoms with van der Waals surface area (Å²) in [5.74, 6) is 0.429. The molecule has 0 saturated heterocycles. The van der Waals surface area contributed by atoms with Gasteiger partial charge in [0.2, 0.25) is 0 Å². The van der Waals surface area contributed by atoms with Crippen molar-refractivity contribution >= 4 is 33.0 Å². The van der Waals surface area contributed by atoms with Crippen molar-refractivity contribution in [1.82, 2.24) is 4.57 Å². The molecule has 0 N–H and O–H groups in total. The molecule has 0 amide bonds. The van der Waals surface area contributed by atoms with E-state index in [4.69, 9.17) is 27.9 Å². The number of hydrogen-bond acceptors (Lipinski definition) is 3. The van der Waals surface area contributed by atoms with Crippen LogP contribution in [0.5, 0.6) is 5.75 Å². The lowest BCUT2D eigenvalue weighted by Crippen LogP contribution is -1.98. The second-order valence-electron chi connectivity index (χ2n) is 5.50. The Morgan fingerprint density at radius 3 is 2.12 bits per heavy atom. The van der Waals surface area contributed by atoms with Crippen molar-refractivity contribution in [2.24, 2.45) is 0 Å². The zero-order valence-corrected chi connectivity index (χ0v) is 15.9. The van der Waals surface area contributed by atoms with Gasteiger partial charge >= 0.3 is 0 Å². The highest BCUT2D eigenvalue weighted by Crippen LogP contribution is 2.36. The molecule has 1 heterocycles. The van der Waals surface area contributed by atoms with Gasteiger partial charge in [-0.1, -0.05) is 35.3 Å². The molecule has 25 heavy (non-hydrogen) atoms. The van der Waals surface area contributed by atoms with Crippen LogP contribution >= 0.6 is 23.2 Å². The van der Waals surface area contributed by atoms with Crippen LogP contribution in [-0.2, 0) is 9.84 Å². The molecule has 0 spiro atoms. The molecule has 0 fully saturated rings. The molecular weight excluding hydrogens is 381 g/mol. The van der Waals surface area contributed by atoms with Crippen LogP contribution in [0.3, 0.4) is 0 Å². The molecule has 0 aliphatic heterocycles. The summed E-state index contributed by atoms with van der Waals surface area (Å²) in [5, 5.41) is 0.828. The molecule has 130 valence electrons. The molecule has 0 unspecified atom stereocenters. The Hall–Kier alpha value is -1.95. The Kier molecular flexibility index (Phi) is 4.82. The van der Waals surface area contributed by atoms with E-state index in [9.17, 15) is 8.42 Å². The van der Waals surface area contributed by atoms with Gasteiger partial charge in [0, 0.05) is 18.1 Å². The highest BCUT2D eigenvalue weighted by Gasteiger charge is 2.13. The molecule has 7 heteroatoms. The van der Waals surface area contributed by atoms with Crippen LogP contribution in [0.15, 0.2) is 59.6 Å². The van der Waals surface area contributed by atoms with Gasteiger partial charge in [-0.25, -0.2) is 8.42 Å². The highest BCUT2D eigenvalue weighted by molar-refractivity contribution is 7.90. The van der Waals surface area contributed by atoms with E-state index in [1.165, 1.54) is 13.4 Å². The summed E-state index contributed by atoms with van der Waals surface area (Å²) in [7, 11) is -1.71. The zero-order valence-electron chi connectivity index (χ0n) is 13.5. The smallest absolute Gasteiger partial charge is 0.175 e. The molecule has 0 aliphatic rings. The molecule has 0 aliphatic carbocycles. The number of halogens is 2. The summed E-state index contributed by atoms with van der Waals surface area (Å²) in [5.41, 5.74) is 2.54. The van der Waals surface area contributed by atoms with E-state index in [1.54, 1.807) is 36.4 Å². The summed E-state index contributed by atoms with van der Waals surface area (Å²) < 4.78 is 30.3. The number of ether oxygens (including phenoxy) is 1. The molecule has 3 rings (SSSR count). The third kappa shape index (κ3) is 3.54. The molecular formula is C18H15Cl2NO3S. The first-order chi connectivity index (χ1) is 11.8. The predicted octanol–water partition coefficient (Wildman–Crippen LogP) is 4.86. The Balaban J connectivity index is 2.07. The topological polar surface area (TPSA) is 48.3 Å². The van der Waals surface area contributed by atoms with E-state index in [-0.39, 0.29) is 4.90 Å². The number of hydrogen-bond donors (Lipinski definition) is 0. The number of rotatable bonds is 4. The second-order valence-corrected chi connectivity index (χ2v) is 8.33. The number of nitrogens with zero attached hydrogens (tertiary/aromatic N) is 1. The van der Waals surface area contributed by atoms with Crippen LogP contribution in [0.4, 0.5) is 0 Å². The molecule has 3 aromatic rings. The van der Waals surface area contributed by atoms with E-state index in [1.807, 2.05) is 22.9 Å². The van der Waals surface area contributed by atoms with Crippen molar-refractivity contribution in [3.63, 3.8) is 0 Å². The number of sulfone groups is 1. The first kappa shape index (κ1) is 17.9. The van der Waals surface area contributed by atoms with Crippen molar-refractivity contribution in [2.75, 3.05) is 13.4 Å². The number of methoxy groups -OCH3 is 1. The zero-order chi connectivity index (χ0) is 18.2. The van der Waals surface area contributed by atoms with Crippen LogP contribution in [-0.4, -0.2) is 26.4 Å². The fourth-order valence-corrected chi connectivity index (χ4v) is 3.86. The van der Waals surface area contributed by atoms with E-state index in [0.717, 1.165) is 16.9 Å². The fourth-order valence-electron chi connectivity index (χ4n) is 2.59. The minimum Gasteiger partial charge on any atom is -0.494 e. The highest BCUT2D eigenvalue weighted by atomic mass is 35.5. The minimum atomic E-state index is -3.23. The normalized spacial score (nSPS) is 11.5. The third-order valence-electron chi connectivity index (χ3n) is 3.79. The van der Waals surface area contributed by atoms with Gasteiger partial charge in [-0.2, -0.15) is 0 Å². The standard InChI is InChI=1S/C18H15Cl2NO3S/c1-24-18-15(19)10-13(11-16(18)20)21-9-3-4-17(21)12-5-7-14(8-6-12)25(2,22)23/h3-11H,1-2H3. The van der Waals surface area contributed by atoms with Gasteiger partial charge in [-0.3, -0.25) is 0 Å². The maximum atomic E-state index is 11.6. The van der Waals surface area contributed by atoms with Crippen molar-refractivity contribution in [3.05, 3.63) is 64.8 Å². The lowest BCUT2D eigenvalue weighted by molar-refractivity contribution is 0.415. The average molecular weight is 396 g/mol. The van der Waals surface area contributed by atoms with Crippen molar-refractivity contribution in [3.8, 4) is 22.7 Å². The molecule has 1 aromatic heterocycles. The first-order valence-corrected chi connectivity index (χ1v) is 9.97. The first-order valence-electron chi connectivity index (χ1n) is 7.32. The van der Waals surface area contributed by atoms with Crippen LogP contribution in [0.1, 0.15) is 0 Å². The monoisotopic (exact) mass is 395 g/mol. The van der Waals surface area contributed by atoms with E-state index in [2.05, 4.69) is 0 Å². The Bertz CT molecular complexity index is 1000. The summed E-state index contributed by atoms with van der Waals surface area (Å²) >= 11 is 12.5. The molecule has 0 atom stereocenters. The Morgan fingerprint density at radius 1 is 1.00 bits per heavy atom. The van der Waals surface area contributed by atoms with E-state index < -0.39 is 9.84 Å². The summed E-state index contributed by atoms with van der Waals surface area (Å²) in [6.45, 7) is 0. The van der Waals surface area contributed by atoms with E-state index in [0.29, 0.717) is 15.8 Å². The minimum absolute atomic E-state index is 0.282. The van der Waals surface area contributed by atoms with Gasteiger partial charge in [0.05, 0.1) is 27.7 Å². The number of benzene rings is 2. The van der Waals surface area contributed by atoms with Crippen molar-refractivity contribution in [2.45, 2.75) is 4.90 Å². The molecule has 0 saturated carbocycles. The fraction of sp³-hybridized carbons (Fsp3) is 0.111. The summed E-state index contributed by atoms with van der Waals surface area (Å²) in [6.07, 6.45) is 3.07. The lowest BCUT2D eigenvalue weighted by atomic mass is 10.1. The molecule has 0 radical (unpaired) electrons. The Morgan fingerprint density at radius 2 is 1.60 bits per heavy atom. The Labute approximate surface area is 156 Å². The largest absolute Gasteiger partial charge is 0.494 e. The lowest BCUT2D eigenvalue weighted by Gasteiger charge is -2.13. The van der Waals surface area contributed by atoms with Crippen LogP contribution in [0, 0.1) is 0 Å². The summed E-state index contributed by atoms with van der Waals surface area (Å²) in [4.78, 5) is 0.282. The molecule has 0 bridgehead atoms. The summed E-state index contributed by atoms with van der Waals surface area (Å²) in [6, 6.07) is 14.1. The number of aromatic nitrogens is 1. The SMILES string of the molecule is COc1c(Cl)cc(-n2cccc2-c2ccc(S(C)(=O)=O)cc2)cc1Cl. The average Bonchev–Trinajstić information content (AvgIpc) is 3.03. The van der Waals surface area contributed by atoms with Gasteiger partial charge < -0.3 is 9.30 Å². The maximum Gasteiger partial charge on any atom is 0.175 e.